The van der Waals surface area contributed by atoms with Gasteiger partial charge in [0, 0.05) is 49.7 Å². The van der Waals surface area contributed by atoms with Crippen LogP contribution in [0.5, 0.6) is 0 Å². The molecule has 0 spiro atoms. The van der Waals surface area contributed by atoms with Gasteiger partial charge in [0.1, 0.15) is 18.5 Å². The number of carboxylic acids is 1. The van der Waals surface area contributed by atoms with Crippen molar-refractivity contribution < 1.29 is 29.0 Å². The van der Waals surface area contributed by atoms with E-state index in [0.29, 0.717) is 35.5 Å². The quantitative estimate of drug-likeness (QED) is 0.161. The third-order valence-corrected chi connectivity index (χ3v) is 8.31. The molecular weight excluding hydrogens is 610 g/mol. The van der Waals surface area contributed by atoms with Gasteiger partial charge in [-0.15, -0.1) is 0 Å². The zero-order valence-corrected chi connectivity index (χ0v) is 26.8. The molecule has 11 heteroatoms. The number of likely N-dealkylation sites (N-methyl/N-ethyl adjacent to an activating group) is 1. The fourth-order valence-electron chi connectivity index (χ4n) is 5.57. The van der Waals surface area contributed by atoms with E-state index in [9.17, 15) is 24.3 Å². The standard InChI is InChI=1S/C37H37N5O6/c1-40(30-17-15-27(16-18-30)34(38)39-37(47)48-24-26-11-7-4-8-12-26)35(45)28-13-14-29-23-42(20-19-25-9-5-3-6-10-25)36(46)32(22-33(43)44)41(2)31(29)21-28/h3-18,21,32H,19-20,22-24H2,1-2H3,(H,43,44)(H2,38,39,47)/t32-/m1/s1. The first kappa shape index (κ1) is 33.4. The maximum absolute atomic E-state index is 13.6. The Balaban J connectivity index is 1.28. The molecule has 5 rings (SSSR count). The molecule has 3 amide bonds. The number of carbonyl (C=O) groups is 4. The van der Waals surface area contributed by atoms with Crippen LogP contribution in [0.2, 0.25) is 0 Å². The monoisotopic (exact) mass is 647 g/mol. The molecule has 11 nitrogen and oxygen atoms in total. The van der Waals surface area contributed by atoms with E-state index in [-0.39, 0.29) is 37.2 Å². The van der Waals surface area contributed by atoms with Crippen LogP contribution in [0.3, 0.4) is 0 Å². The molecule has 0 aliphatic carbocycles. The van der Waals surface area contributed by atoms with Crippen molar-refractivity contribution in [2.75, 3.05) is 30.4 Å². The minimum atomic E-state index is -1.09. The summed E-state index contributed by atoms with van der Waals surface area (Å²) >= 11 is 0. The number of carboxylic acid groups (broad SMARTS) is 1. The number of nitrogens with zero attached hydrogens (tertiary/aromatic N) is 3. The minimum absolute atomic E-state index is 0.0767. The Morgan fingerprint density at radius 1 is 0.917 bits per heavy atom. The summed E-state index contributed by atoms with van der Waals surface area (Å²) in [4.78, 5) is 56.0. The van der Waals surface area contributed by atoms with Crippen molar-refractivity contribution in [1.29, 1.82) is 5.41 Å². The van der Waals surface area contributed by atoms with E-state index < -0.39 is 18.1 Å². The summed E-state index contributed by atoms with van der Waals surface area (Å²) < 4.78 is 5.19. The lowest BCUT2D eigenvalue weighted by Gasteiger charge is -2.29. The first-order valence-electron chi connectivity index (χ1n) is 15.5. The van der Waals surface area contributed by atoms with Gasteiger partial charge < -0.3 is 24.5 Å². The van der Waals surface area contributed by atoms with Crippen LogP contribution in [0.15, 0.2) is 103 Å². The molecular formula is C37H37N5O6. The van der Waals surface area contributed by atoms with Gasteiger partial charge >= 0.3 is 12.1 Å². The molecule has 1 aliphatic heterocycles. The number of ether oxygens (including phenoxy) is 1. The summed E-state index contributed by atoms with van der Waals surface area (Å²) in [6.07, 6.45) is -0.505. The second-order valence-corrected chi connectivity index (χ2v) is 11.5. The Kier molecular flexibility index (Phi) is 10.5. The lowest BCUT2D eigenvalue weighted by Crippen LogP contribution is -2.46. The number of hydrogen-bond acceptors (Lipinski definition) is 7. The van der Waals surface area contributed by atoms with Gasteiger partial charge in [-0.2, -0.15) is 0 Å². The number of fused-ring (bicyclic) bond motifs is 1. The summed E-state index contributed by atoms with van der Waals surface area (Å²) in [5, 5.41) is 20.3. The largest absolute Gasteiger partial charge is 0.481 e. The number of nitrogens with one attached hydrogen (secondary N) is 2. The van der Waals surface area contributed by atoms with Gasteiger partial charge in [-0.1, -0.05) is 66.7 Å². The lowest BCUT2D eigenvalue weighted by molar-refractivity contribution is -0.142. The predicted octanol–water partition coefficient (Wildman–Crippen LogP) is 5.08. The maximum atomic E-state index is 13.6. The number of hydrogen-bond donors (Lipinski definition) is 3. The summed E-state index contributed by atoms with van der Waals surface area (Å²) in [5.41, 5.74) is 4.67. The molecule has 0 saturated heterocycles. The first-order valence-corrected chi connectivity index (χ1v) is 15.5. The van der Waals surface area contributed by atoms with E-state index >= 15 is 0 Å². The van der Waals surface area contributed by atoms with Crippen molar-refractivity contribution >= 4 is 41.1 Å². The number of anilines is 2. The van der Waals surface area contributed by atoms with Crippen LogP contribution in [-0.2, 0) is 33.9 Å². The van der Waals surface area contributed by atoms with Gasteiger partial charge in [0.25, 0.3) is 5.91 Å². The van der Waals surface area contributed by atoms with Crippen LogP contribution in [0, 0.1) is 5.41 Å². The highest BCUT2D eigenvalue weighted by Crippen LogP contribution is 2.31. The minimum Gasteiger partial charge on any atom is -0.481 e. The van der Waals surface area contributed by atoms with Gasteiger partial charge in [-0.3, -0.25) is 25.1 Å². The van der Waals surface area contributed by atoms with Crippen LogP contribution < -0.4 is 15.1 Å². The fourth-order valence-corrected chi connectivity index (χ4v) is 5.57. The normalized spacial score (nSPS) is 14.0. The van der Waals surface area contributed by atoms with Crippen molar-refractivity contribution in [2.24, 2.45) is 0 Å². The molecule has 4 aromatic carbocycles. The Bertz CT molecular complexity index is 1800. The molecule has 3 N–H and O–H groups in total. The molecule has 0 unspecified atom stereocenters. The first-order chi connectivity index (χ1) is 23.1. The van der Waals surface area contributed by atoms with Crippen LogP contribution in [-0.4, -0.2) is 66.4 Å². The van der Waals surface area contributed by atoms with Crippen molar-refractivity contribution in [3.63, 3.8) is 0 Å². The molecule has 1 heterocycles. The zero-order chi connectivity index (χ0) is 34.2. The number of aliphatic carboxylic acids is 1. The molecule has 1 aliphatic rings. The molecule has 0 fully saturated rings. The lowest BCUT2D eigenvalue weighted by atomic mass is 10.1. The number of amides is 3. The second kappa shape index (κ2) is 15.1. The highest BCUT2D eigenvalue weighted by molar-refractivity contribution is 6.08. The van der Waals surface area contributed by atoms with Crippen molar-refractivity contribution in [3.05, 3.63) is 131 Å². The number of benzene rings is 4. The molecule has 0 radical (unpaired) electrons. The van der Waals surface area contributed by atoms with Gasteiger partial charge in [-0.05, 0) is 59.5 Å². The Labute approximate surface area is 278 Å². The predicted molar refractivity (Wildman–Crippen MR) is 182 cm³/mol. The zero-order valence-electron chi connectivity index (χ0n) is 26.8. The summed E-state index contributed by atoms with van der Waals surface area (Å²) in [6.45, 7) is 0.786. The average Bonchev–Trinajstić information content (AvgIpc) is 3.19. The van der Waals surface area contributed by atoms with E-state index in [4.69, 9.17) is 10.1 Å². The third-order valence-electron chi connectivity index (χ3n) is 8.31. The van der Waals surface area contributed by atoms with Crippen LogP contribution in [0.4, 0.5) is 16.2 Å². The number of amidine groups is 1. The highest BCUT2D eigenvalue weighted by Gasteiger charge is 2.35. The third kappa shape index (κ3) is 8.05. The van der Waals surface area contributed by atoms with Crippen molar-refractivity contribution in [2.45, 2.75) is 32.0 Å². The molecule has 246 valence electrons. The van der Waals surface area contributed by atoms with E-state index in [1.807, 2.05) is 66.7 Å². The van der Waals surface area contributed by atoms with Crippen LogP contribution >= 0.6 is 0 Å². The van der Waals surface area contributed by atoms with Crippen molar-refractivity contribution in [3.8, 4) is 0 Å². The van der Waals surface area contributed by atoms with Crippen molar-refractivity contribution in [1.82, 2.24) is 10.2 Å². The second-order valence-electron chi connectivity index (χ2n) is 11.5. The Morgan fingerprint density at radius 3 is 2.19 bits per heavy atom. The van der Waals surface area contributed by atoms with Crippen LogP contribution in [0.1, 0.15) is 39.0 Å². The SMILES string of the molecule is CN(C(=O)c1ccc2c(c1)N(C)[C@H](CC(=O)O)C(=O)N(CCc1ccccc1)C2)c1ccc(C(=N)NC(=O)OCc2ccccc2)cc1. The van der Waals surface area contributed by atoms with Gasteiger partial charge in [0.05, 0.1) is 6.42 Å². The molecule has 48 heavy (non-hydrogen) atoms. The number of carbonyl (C=O) groups excluding carboxylic acids is 3. The molecule has 0 bridgehead atoms. The van der Waals surface area contributed by atoms with E-state index in [1.54, 1.807) is 60.3 Å². The van der Waals surface area contributed by atoms with Crippen LogP contribution in [0.25, 0.3) is 0 Å². The molecule has 4 aromatic rings. The Morgan fingerprint density at radius 2 is 1.54 bits per heavy atom. The average molecular weight is 648 g/mol. The smallest absolute Gasteiger partial charge is 0.413 e. The van der Waals surface area contributed by atoms with E-state index in [2.05, 4.69) is 5.32 Å². The molecule has 0 aromatic heterocycles. The summed E-state index contributed by atoms with van der Waals surface area (Å²) in [7, 11) is 3.31. The molecule has 1 atom stereocenters. The Hall–Kier alpha value is -5.97. The number of rotatable bonds is 10. The topological polar surface area (TPSA) is 143 Å². The van der Waals surface area contributed by atoms with Gasteiger partial charge in [0.2, 0.25) is 5.91 Å². The summed E-state index contributed by atoms with van der Waals surface area (Å²) in [6, 6.07) is 29.9. The van der Waals surface area contributed by atoms with E-state index in [0.717, 1.165) is 16.7 Å². The maximum Gasteiger partial charge on any atom is 0.413 e. The number of alkyl carbamates (subject to hydrolysis) is 1. The van der Waals surface area contributed by atoms with Gasteiger partial charge in [0.15, 0.2) is 0 Å². The molecule has 0 saturated carbocycles. The fraction of sp³-hybridized carbons (Fsp3) is 0.216. The van der Waals surface area contributed by atoms with Gasteiger partial charge in [-0.25, -0.2) is 4.79 Å². The van der Waals surface area contributed by atoms with E-state index in [1.165, 1.54) is 4.90 Å². The highest BCUT2D eigenvalue weighted by atomic mass is 16.5. The summed E-state index contributed by atoms with van der Waals surface area (Å²) in [5.74, 6) is -1.83.